The number of nitrogens with two attached hydrogens (primary N) is 2. The maximum atomic E-state index is 14.0. The predicted octanol–water partition coefficient (Wildman–Crippen LogP) is 7.02. The van der Waals surface area contributed by atoms with Gasteiger partial charge in [-0.05, 0) is 110 Å². The zero-order valence-corrected chi connectivity index (χ0v) is 29.1. The van der Waals surface area contributed by atoms with Crippen molar-refractivity contribution < 1.29 is 18.3 Å². The molecule has 2 aromatic carbocycles. The van der Waals surface area contributed by atoms with Gasteiger partial charge in [0, 0.05) is 66.3 Å². The van der Waals surface area contributed by atoms with Gasteiger partial charge < -0.3 is 30.7 Å². The summed E-state index contributed by atoms with van der Waals surface area (Å²) < 4.78 is 40.2. The Kier molecular flexibility index (Phi) is 11.9. The summed E-state index contributed by atoms with van der Waals surface area (Å²) in [7, 11) is 4.22. The predicted molar refractivity (Wildman–Crippen MR) is 191 cm³/mol. The number of rotatable bonds is 6. The van der Waals surface area contributed by atoms with E-state index >= 15 is 0 Å². The van der Waals surface area contributed by atoms with Crippen LogP contribution in [0.15, 0.2) is 65.4 Å². The second kappa shape index (κ2) is 16.2. The molecule has 2 aliphatic heterocycles. The number of anilines is 2. The van der Waals surface area contributed by atoms with Crippen LogP contribution in [-0.2, 0) is 0 Å². The largest absolute Gasteiger partial charge is 0.474 e. The van der Waals surface area contributed by atoms with Crippen LogP contribution in [-0.4, -0.2) is 72.3 Å². The summed E-state index contributed by atoms with van der Waals surface area (Å²) in [6.45, 7) is 5.77. The summed E-state index contributed by atoms with van der Waals surface area (Å²) in [5.41, 5.74) is 16.5. The normalized spacial score (nSPS) is 16.0. The smallest absolute Gasteiger partial charge is 0.214 e. The first-order valence-corrected chi connectivity index (χ1v) is 16.8. The molecule has 2 aromatic heterocycles. The monoisotopic (exact) mass is 718 g/mol. The lowest BCUT2D eigenvalue weighted by molar-refractivity contribution is 0.110. The third kappa shape index (κ3) is 9.22. The zero-order chi connectivity index (χ0) is 34.2. The lowest BCUT2D eigenvalue weighted by Gasteiger charge is -2.29. The van der Waals surface area contributed by atoms with E-state index < -0.39 is 0 Å². The highest BCUT2D eigenvalue weighted by molar-refractivity contribution is 9.10. The highest BCUT2D eigenvalue weighted by atomic mass is 79.9. The number of likely N-dealkylation sites (tertiary alicyclic amines) is 2. The Morgan fingerprint density at radius 1 is 0.729 bits per heavy atom. The number of aromatic nitrogens is 2. The number of nitrogen functional groups attached to an aromatic ring is 2. The molecular weight excluding hydrogens is 678 g/mol. The number of nitrogens with zero attached hydrogens (tertiary/aromatic N) is 4. The van der Waals surface area contributed by atoms with E-state index in [1.165, 1.54) is 24.3 Å². The second-order valence-corrected chi connectivity index (χ2v) is 13.0. The highest BCUT2D eigenvalue weighted by Gasteiger charge is 2.20. The lowest BCUT2D eigenvalue weighted by Crippen LogP contribution is -2.35. The molecule has 252 valence electrons. The zero-order valence-electron chi connectivity index (χ0n) is 27.5. The average molecular weight is 720 g/mol. The number of hydrogen-bond acceptors (Lipinski definition) is 8. The fourth-order valence-electron chi connectivity index (χ4n) is 5.75. The summed E-state index contributed by atoms with van der Waals surface area (Å²) in [6, 6.07) is 12.8. The lowest BCUT2D eigenvalue weighted by atomic mass is 10.0. The molecule has 0 atom stereocenters. The van der Waals surface area contributed by atoms with Crippen LogP contribution >= 0.6 is 15.9 Å². The Hall–Kier alpha value is -4.24. The van der Waals surface area contributed by atoms with Gasteiger partial charge in [-0.15, -0.1) is 5.92 Å². The van der Waals surface area contributed by atoms with Crippen LogP contribution in [0.4, 0.5) is 20.2 Å². The Labute approximate surface area is 289 Å². The Bertz CT molecular complexity index is 1780. The Morgan fingerprint density at radius 2 is 1.19 bits per heavy atom. The van der Waals surface area contributed by atoms with Gasteiger partial charge in [-0.2, -0.15) is 0 Å². The van der Waals surface area contributed by atoms with Crippen molar-refractivity contribution in [1.29, 1.82) is 0 Å². The third-order valence-corrected chi connectivity index (χ3v) is 9.15. The summed E-state index contributed by atoms with van der Waals surface area (Å²) in [5, 5.41) is 0. The van der Waals surface area contributed by atoms with Gasteiger partial charge in [-0.3, -0.25) is 0 Å². The van der Waals surface area contributed by atoms with E-state index in [0.717, 1.165) is 63.0 Å². The number of hydrogen-bond donors (Lipinski definition) is 2. The van der Waals surface area contributed by atoms with Gasteiger partial charge >= 0.3 is 0 Å². The second-order valence-electron chi connectivity index (χ2n) is 12.1. The molecule has 48 heavy (non-hydrogen) atoms. The summed E-state index contributed by atoms with van der Waals surface area (Å²) in [5.74, 6) is 6.00. The molecule has 2 aliphatic rings. The molecule has 4 heterocycles. The van der Waals surface area contributed by atoms with Crippen molar-refractivity contribution in [3.05, 3.63) is 82.6 Å². The molecule has 4 N–H and O–H groups in total. The van der Waals surface area contributed by atoms with Gasteiger partial charge in [0.2, 0.25) is 11.8 Å². The first-order valence-electron chi connectivity index (χ1n) is 16.0. The number of ether oxygens (including phenoxy) is 2. The molecule has 0 aliphatic carbocycles. The van der Waals surface area contributed by atoms with Crippen molar-refractivity contribution in [2.45, 2.75) is 44.8 Å². The van der Waals surface area contributed by atoms with Gasteiger partial charge in [0.15, 0.2) is 0 Å². The van der Waals surface area contributed by atoms with E-state index in [0.29, 0.717) is 44.3 Å². The van der Waals surface area contributed by atoms with Crippen molar-refractivity contribution >= 4 is 27.3 Å². The number of pyridine rings is 2. The molecule has 2 fully saturated rings. The summed E-state index contributed by atoms with van der Waals surface area (Å²) in [4.78, 5) is 13.1. The van der Waals surface area contributed by atoms with Crippen LogP contribution in [0, 0.1) is 23.5 Å². The maximum absolute atomic E-state index is 14.0. The molecule has 2 saturated heterocycles. The molecular formula is C37H41BrF2N6O2. The SMILES string of the molecule is CC#Cc1cc(F)cc(-c2ccnc(OC3CCN(C)CC3)c2)c1N.CN1CCC(Oc2cc(-c3cc(F)cc(Br)c3N)ccn2)CC1. The highest BCUT2D eigenvalue weighted by Crippen LogP contribution is 2.35. The van der Waals surface area contributed by atoms with E-state index in [2.05, 4.69) is 61.6 Å². The van der Waals surface area contributed by atoms with E-state index in [1.54, 1.807) is 31.5 Å². The van der Waals surface area contributed by atoms with Crippen LogP contribution in [0.2, 0.25) is 0 Å². The standard InChI is InChI=1S/C20H22FN3O.C17H19BrFN3O/c1-3-4-15-11-16(21)13-18(20(15)22)14-5-8-23-19(12-14)25-17-6-9-24(2)10-7-17;1-22-6-3-13(4-7-22)23-16-8-11(2-5-21-16)14-9-12(19)10-15(18)17(14)20/h5,8,11-13,17H,6-7,9-10,22H2,1-2H3;2,5,8-10,13H,3-4,6-7,20H2,1H3. The minimum absolute atomic E-state index is 0.158. The van der Waals surface area contributed by atoms with Crippen LogP contribution in [0.3, 0.4) is 0 Å². The van der Waals surface area contributed by atoms with Gasteiger partial charge in [-0.25, -0.2) is 18.7 Å². The molecule has 0 saturated carbocycles. The first kappa shape index (κ1) is 35.1. The van der Waals surface area contributed by atoms with Crippen molar-refractivity contribution in [1.82, 2.24) is 19.8 Å². The molecule has 0 spiro atoms. The van der Waals surface area contributed by atoms with Crippen LogP contribution in [0.5, 0.6) is 11.8 Å². The maximum Gasteiger partial charge on any atom is 0.214 e. The molecule has 0 radical (unpaired) electrons. The molecule has 0 bridgehead atoms. The number of benzene rings is 2. The van der Waals surface area contributed by atoms with Crippen LogP contribution in [0.1, 0.15) is 38.2 Å². The van der Waals surface area contributed by atoms with E-state index in [4.69, 9.17) is 20.9 Å². The van der Waals surface area contributed by atoms with Crippen LogP contribution in [0.25, 0.3) is 22.3 Å². The van der Waals surface area contributed by atoms with Gasteiger partial charge in [0.05, 0.1) is 16.9 Å². The van der Waals surface area contributed by atoms with Gasteiger partial charge in [0.1, 0.15) is 23.8 Å². The minimum Gasteiger partial charge on any atom is -0.474 e. The number of piperidine rings is 2. The summed E-state index contributed by atoms with van der Waals surface area (Å²) >= 11 is 3.28. The average Bonchev–Trinajstić information content (AvgIpc) is 3.07. The minimum atomic E-state index is -0.364. The molecule has 8 nitrogen and oxygen atoms in total. The molecule has 11 heteroatoms. The summed E-state index contributed by atoms with van der Waals surface area (Å²) in [6.07, 6.45) is 7.57. The topological polar surface area (TPSA) is 103 Å². The Morgan fingerprint density at radius 3 is 1.67 bits per heavy atom. The third-order valence-electron chi connectivity index (χ3n) is 8.50. The van der Waals surface area contributed by atoms with Gasteiger partial charge in [-0.1, -0.05) is 5.92 Å². The molecule has 0 amide bonds. The molecule has 0 unspecified atom stereocenters. The van der Waals surface area contributed by atoms with Crippen molar-refractivity contribution in [3.63, 3.8) is 0 Å². The molecule has 4 aromatic rings. The van der Waals surface area contributed by atoms with E-state index in [9.17, 15) is 8.78 Å². The van der Waals surface area contributed by atoms with Crippen molar-refractivity contribution in [2.24, 2.45) is 0 Å². The van der Waals surface area contributed by atoms with E-state index in [-0.39, 0.29) is 23.8 Å². The van der Waals surface area contributed by atoms with E-state index in [1.807, 2.05) is 12.1 Å². The quantitative estimate of drug-likeness (QED) is 0.162. The number of halogens is 3. The Balaban J connectivity index is 0.000000188. The van der Waals surface area contributed by atoms with Crippen molar-refractivity contribution in [2.75, 3.05) is 51.7 Å². The van der Waals surface area contributed by atoms with Crippen molar-refractivity contribution in [3.8, 4) is 45.9 Å². The fraction of sp³-hybridized carbons (Fsp3) is 0.351. The molecule has 6 rings (SSSR count). The van der Waals surface area contributed by atoms with Crippen LogP contribution < -0.4 is 20.9 Å². The first-order chi connectivity index (χ1) is 23.1. The van der Waals surface area contributed by atoms with Gasteiger partial charge in [0.25, 0.3) is 0 Å². The fourth-order valence-corrected chi connectivity index (χ4v) is 6.18.